The maximum absolute atomic E-state index is 10.6. The van der Waals surface area contributed by atoms with Crippen LogP contribution in [0.25, 0.3) is 10.9 Å². The molecule has 0 aliphatic rings. The van der Waals surface area contributed by atoms with Crippen LogP contribution in [0, 0.1) is 6.92 Å². The van der Waals surface area contributed by atoms with Crippen molar-refractivity contribution >= 4 is 26.8 Å². The molecule has 1 unspecified atom stereocenters. The molecule has 1 atom stereocenters. The van der Waals surface area contributed by atoms with Gasteiger partial charge in [-0.2, -0.15) is 0 Å². The minimum atomic E-state index is -0.662. The van der Waals surface area contributed by atoms with Gasteiger partial charge in [-0.3, -0.25) is 4.98 Å². The Kier molecular flexibility index (Phi) is 3.55. The van der Waals surface area contributed by atoms with E-state index in [1.165, 1.54) is 0 Å². The van der Waals surface area contributed by atoms with Crippen LogP contribution in [-0.4, -0.2) is 10.1 Å². The largest absolute Gasteiger partial charge is 0.384 e. The zero-order chi connectivity index (χ0) is 14.1. The number of hydrogen-bond acceptors (Lipinski definition) is 2. The first-order valence-electron chi connectivity index (χ1n) is 6.44. The van der Waals surface area contributed by atoms with Crippen LogP contribution in [0.2, 0.25) is 0 Å². The van der Waals surface area contributed by atoms with E-state index < -0.39 is 6.10 Å². The van der Waals surface area contributed by atoms with Gasteiger partial charge < -0.3 is 5.11 Å². The molecular weight excluding hydrogens is 314 g/mol. The quantitative estimate of drug-likeness (QED) is 0.757. The van der Waals surface area contributed by atoms with E-state index in [9.17, 15) is 5.11 Å². The highest BCUT2D eigenvalue weighted by atomic mass is 79.9. The summed E-state index contributed by atoms with van der Waals surface area (Å²) < 4.78 is 0.964. The highest BCUT2D eigenvalue weighted by molar-refractivity contribution is 9.10. The lowest BCUT2D eigenvalue weighted by molar-refractivity contribution is 0.219. The molecule has 3 heteroatoms. The summed E-state index contributed by atoms with van der Waals surface area (Å²) in [5.74, 6) is 0. The number of rotatable bonds is 2. The van der Waals surface area contributed by atoms with Crippen LogP contribution in [0.15, 0.2) is 59.2 Å². The van der Waals surface area contributed by atoms with Gasteiger partial charge in [0, 0.05) is 21.6 Å². The molecule has 1 aromatic heterocycles. The van der Waals surface area contributed by atoms with Gasteiger partial charge >= 0.3 is 0 Å². The van der Waals surface area contributed by atoms with Crippen LogP contribution in [0.3, 0.4) is 0 Å². The molecule has 2 aromatic carbocycles. The minimum Gasteiger partial charge on any atom is -0.384 e. The average molecular weight is 328 g/mol. The van der Waals surface area contributed by atoms with Crippen LogP contribution in [0.5, 0.6) is 0 Å². The maximum atomic E-state index is 10.6. The second-order valence-electron chi connectivity index (χ2n) is 4.86. The van der Waals surface area contributed by atoms with Crippen molar-refractivity contribution in [2.45, 2.75) is 13.0 Å². The van der Waals surface area contributed by atoms with Gasteiger partial charge in [-0.25, -0.2) is 0 Å². The van der Waals surface area contributed by atoms with Gasteiger partial charge in [0.05, 0.1) is 5.52 Å². The maximum Gasteiger partial charge on any atom is 0.106 e. The van der Waals surface area contributed by atoms with Gasteiger partial charge in [0.2, 0.25) is 0 Å². The third-order valence-electron chi connectivity index (χ3n) is 3.46. The smallest absolute Gasteiger partial charge is 0.106 e. The molecule has 0 radical (unpaired) electrons. The highest BCUT2D eigenvalue weighted by Crippen LogP contribution is 2.28. The third kappa shape index (κ3) is 2.47. The number of benzene rings is 2. The van der Waals surface area contributed by atoms with Crippen LogP contribution in [0.1, 0.15) is 22.8 Å². The van der Waals surface area contributed by atoms with Gasteiger partial charge in [0.15, 0.2) is 0 Å². The van der Waals surface area contributed by atoms with Crippen molar-refractivity contribution in [3.63, 3.8) is 0 Å². The molecule has 3 aromatic rings. The lowest BCUT2D eigenvalue weighted by atomic mass is 9.98. The Labute approximate surface area is 126 Å². The predicted octanol–water partition coefficient (Wildman–Crippen LogP) is 4.39. The molecule has 100 valence electrons. The van der Waals surface area contributed by atoms with E-state index in [1.54, 1.807) is 6.20 Å². The molecule has 1 heterocycles. The molecule has 0 spiro atoms. The second-order valence-corrected chi connectivity index (χ2v) is 5.78. The van der Waals surface area contributed by atoms with Crippen LogP contribution >= 0.6 is 15.9 Å². The fourth-order valence-electron chi connectivity index (χ4n) is 2.32. The fourth-order valence-corrected chi connectivity index (χ4v) is 2.70. The molecule has 0 bridgehead atoms. The molecule has 0 amide bonds. The molecule has 0 saturated heterocycles. The van der Waals surface area contributed by atoms with E-state index in [2.05, 4.69) is 20.9 Å². The van der Waals surface area contributed by atoms with Crippen LogP contribution in [-0.2, 0) is 0 Å². The summed E-state index contributed by atoms with van der Waals surface area (Å²) in [6, 6.07) is 15.8. The first-order valence-corrected chi connectivity index (χ1v) is 7.23. The Morgan fingerprint density at radius 3 is 2.75 bits per heavy atom. The van der Waals surface area contributed by atoms with Crippen molar-refractivity contribution in [2.24, 2.45) is 0 Å². The zero-order valence-electron chi connectivity index (χ0n) is 11.0. The third-order valence-corrected chi connectivity index (χ3v) is 3.96. The van der Waals surface area contributed by atoms with Crippen molar-refractivity contribution in [2.75, 3.05) is 0 Å². The number of nitrogens with zero attached hydrogens (tertiary/aromatic N) is 1. The monoisotopic (exact) mass is 327 g/mol. The molecule has 0 saturated carbocycles. The summed E-state index contributed by atoms with van der Waals surface area (Å²) in [5, 5.41) is 11.6. The lowest BCUT2D eigenvalue weighted by Crippen LogP contribution is -2.02. The number of aryl methyl sites for hydroxylation is 1. The lowest BCUT2D eigenvalue weighted by Gasteiger charge is -2.15. The topological polar surface area (TPSA) is 33.1 Å². The summed E-state index contributed by atoms with van der Waals surface area (Å²) in [4.78, 5) is 4.41. The summed E-state index contributed by atoms with van der Waals surface area (Å²) >= 11 is 3.45. The zero-order valence-corrected chi connectivity index (χ0v) is 12.6. The van der Waals surface area contributed by atoms with Crippen molar-refractivity contribution < 1.29 is 5.11 Å². The fraction of sp³-hybridized carbons (Fsp3) is 0.118. The van der Waals surface area contributed by atoms with Crippen molar-refractivity contribution in [1.82, 2.24) is 4.98 Å². The Balaban J connectivity index is 2.07. The first kappa shape index (κ1) is 13.3. The van der Waals surface area contributed by atoms with E-state index in [4.69, 9.17) is 0 Å². The molecular formula is C17H14BrNO. The van der Waals surface area contributed by atoms with Crippen molar-refractivity contribution in [3.05, 3.63) is 75.9 Å². The van der Waals surface area contributed by atoms with E-state index in [0.717, 1.165) is 32.1 Å². The van der Waals surface area contributed by atoms with Gasteiger partial charge in [-0.1, -0.05) is 40.2 Å². The normalized spacial score (nSPS) is 12.6. The Hall–Kier alpha value is -1.71. The molecule has 2 nitrogen and oxygen atoms in total. The van der Waals surface area contributed by atoms with Gasteiger partial charge in [0.25, 0.3) is 0 Å². The summed E-state index contributed by atoms with van der Waals surface area (Å²) in [6.45, 7) is 2.00. The number of fused-ring (bicyclic) bond motifs is 1. The number of aliphatic hydroxyl groups is 1. The molecule has 0 fully saturated rings. The number of aromatic nitrogens is 1. The van der Waals surface area contributed by atoms with Crippen molar-refractivity contribution in [1.29, 1.82) is 0 Å². The summed E-state index contributed by atoms with van der Waals surface area (Å²) in [7, 11) is 0. The molecule has 0 aliphatic heterocycles. The number of para-hydroxylation sites is 1. The highest BCUT2D eigenvalue weighted by Gasteiger charge is 2.14. The minimum absolute atomic E-state index is 0.662. The number of hydrogen-bond donors (Lipinski definition) is 1. The van der Waals surface area contributed by atoms with Crippen LogP contribution in [0.4, 0.5) is 0 Å². The predicted molar refractivity (Wildman–Crippen MR) is 84.7 cm³/mol. The van der Waals surface area contributed by atoms with Crippen molar-refractivity contribution in [3.8, 4) is 0 Å². The average Bonchev–Trinajstić information content (AvgIpc) is 2.48. The number of pyridine rings is 1. The second kappa shape index (κ2) is 5.35. The van der Waals surface area contributed by atoms with E-state index in [1.807, 2.05) is 55.5 Å². The van der Waals surface area contributed by atoms with Gasteiger partial charge in [-0.05, 0) is 42.3 Å². The summed E-state index contributed by atoms with van der Waals surface area (Å²) in [5.41, 5.74) is 3.71. The SMILES string of the molecule is Cc1ccc(Br)cc1C(O)c1cnc2ccccc2c1. The molecule has 20 heavy (non-hydrogen) atoms. The Morgan fingerprint density at radius 2 is 1.90 bits per heavy atom. The molecule has 0 aliphatic carbocycles. The van der Waals surface area contributed by atoms with Crippen LogP contribution < -0.4 is 0 Å². The summed E-state index contributed by atoms with van der Waals surface area (Å²) in [6.07, 6.45) is 1.08. The van der Waals surface area contributed by atoms with E-state index >= 15 is 0 Å². The number of aliphatic hydroxyl groups excluding tert-OH is 1. The molecule has 1 N–H and O–H groups in total. The number of halogens is 1. The van der Waals surface area contributed by atoms with E-state index in [0.29, 0.717) is 0 Å². The standard InChI is InChI=1S/C17H14BrNO/c1-11-6-7-14(18)9-15(11)17(20)13-8-12-4-2-3-5-16(12)19-10-13/h2-10,17,20H,1H3. The first-order chi connectivity index (χ1) is 9.65. The van der Waals surface area contributed by atoms with Gasteiger partial charge in [0.1, 0.15) is 6.10 Å². The Morgan fingerprint density at radius 1 is 1.10 bits per heavy atom. The van der Waals surface area contributed by atoms with E-state index in [-0.39, 0.29) is 0 Å². The Bertz CT molecular complexity index is 770. The molecule has 3 rings (SSSR count). The van der Waals surface area contributed by atoms with Gasteiger partial charge in [-0.15, -0.1) is 0 Å².